The largest absolute Gasteiger partial charge is 0.293 e. The van der Waals surface area contributed by atoms with Gasteiger partial charge in [0.15, 0.2) is 0 Å². The second-order valence-electron chi connectivity index (χ2n) is 8.29. The fraction of sp³-hybridized carbons (Fsp3) is 0.214. The van der Waals surface area contributed by atoms with Crippen molar-refractivity contribution in [1.29, 1.82) is 0 Å². The van der Waals surface area contributed by atoms with Crippen LogP contribution in [-0.2, 0) is 0 Å². The summed E-state index contributed by atoms with van der Waals surface area (Å²) in [6.07, 6.45) is 6.74. The van der Waals surface area contributed by atoms with Crippen molar-refractivity contribution in [2.75, 3.05) is 13.1 Å². The van der Waals surface area contributed by atoms with Crippen LogP contribution in [0.1, 0.15) is 53.6 Å². The van der Waals surface area contributed by atoms with E-state index in [1.165, 1.54) is 39.0 Å². The van der Waals surface area contributed by atoms with Gasteiger partial charge in [-0.1, -0.05) is 72.8 Å². The van der Waals surface area contributed by atoms with E-state index < -0.39 is 0 Å². The monoisotopic (exact) mass is 395 g/mol. The van der Waals surface area contributed by atoms with E-state index in [4.69, 9.17) is 0 Å². The molecule has 1 nitrogen and oxygen atoms in total. The van der Waals surface area contributed by atoms with E-state index in [9.17, 15) is 4.39 Å². The number of hydrogen-bond donors (Lipinski definition) is 0. The van der Waals surface area contributed by atoms with Gasteiger partial charge in [0, 0.05) is 12.6 Å². The SMILES string of the molecule is CC(c1ccc(F)cc1)N1CCCC(=C2c3ccccc3C=Cc3ccccc32)C1. The van der Waals surface area contributed by atoms with Gasteiger partial charge in [-0.25, -0.2) is 4.39 Å². The van der Waals surface area contributed by atoms with E-state index in [0.29, 0.717) is 0 Å². The van der Waals surface area contributed by atoms with E-state index in [1.807, 2.05) is 12.1 Å². The van der Waals surface area contributed by atoms with Crippen molar-refractivity contribution in [1.82, 2.24) is 4.90 Å². The van der Waals surface area contributed by atoms with Gasteiger partial charge in [-0.05, 0) is 77.4 Å². The highest BCUT2D eigenvalue weighted by Gasteiger charge is 2.25. The number of fused-ring (bicyclic) bond motifs is 2. The summed E-state index contributed by atoms with van der Waals surface area (Å²) in [6, 6.07) is 24.7. The number of halogens is 1. The van der Waals surface area contributed by atoms with Crippen LogP contribution in [0, 0.1) is 5.82 Å². The van der Waals surface area contributed by atoms with E-state index >= 15 is 0 Å². The molecule has 1 aliphatic heterocycles. The number of nitrogens with zero attached hydrogens (tertiary/aromatic N) is 1. The van der Waals surface area contributed by atoms with Crippen molar-refractivity contribution >= 4 is 17.7 Å². The van der Waals surface area contributed by atoms with Crippen molar-refractivity contribution in [3.8, 4) is 0 Å². The van der Waals surface area contributed by atoms with Crippen molar-refractivity contribution < 1.29 is 4.39 Å². The zero-order valence-electron chi connectivity index (χ0n) is 17.3. The van der Waals surface area contributed by atoms with Gasteiger partial charge in [0.1, 0.15) is 5.82 Å². The normalized spacial score (nSPS) is 17.3. The summed E-state index contributed by atoms with van der Waals surface area (Å²) in [6.45, 7) is 4.24. The molecule has 3 aromatic carbocycles. The first-order valence-electron chi connectivity index (χ1n) is 10.8. The highest BCUT2D eigenvalue weighted by molar-refractivity contribution is 5.95. The molecule has 1 unspecified atom stereocenters. The van der Waals surface area contributed by atoms with Crippen LogP contribution in [0.25, 0.3) is 17.7 Å². The predicted octanol–water partition coefficient (Wildman–Crippen LogP) is 6.97. The zero-order valence-corrected chi connectivity index (χ0v) is 17.3. The lowest BCUT2D eigenvalue weighted by atomic mass is 9.86. The molecule has 0 N–H and O–H groups in total. The third-order valence-corrected chi connectivity index (χ3v) is 6.47. The summed E-state index contributed by atoms with van der Waals surface area (Å²) in [4.78, 5) is 2.53. The third-order valence-electron chi connectivity index (χ3n) is 6.47. The van der Waals surface area contributed by atoms with Crippen LogP contribution in [0.2, 0.25) is 0 Å². The molecule has 150 valence electrons. The van der Waals surface area contributed by atoms with Gasteiger partial charge in [0.2, 0.25) is 0 Å². The minimum atomic E-state index is -0.174. The molecule has 1 aliphatic carbocycles. The van der Waals surface area contributed by atoms with Crippen LogP contribution < -0.4 is 0 Å². The van der Waals surface area contributed by atoms with Crippen LogP contribution in [0.3, 0.4) is 0 Å². The Morgan fingerprint density at radius 1 is 0.800 bits per heavy atom. The Kier molecular flexibility index (Phi) is 5.10. The molecule has 1 fully saturated rings. The first-order valence-corrected chi connectivity index (χ1v) is 10.8. The molecular formula is C28H26FN. The summed E-state index contributed by atoms with van der Waals surface area (Å²) >= 11 is 0. The summed E-state index contributed by atoms with van der Waals surface area (Å²) < 4.78 is 13.4. The number of benzene rings is 3. The lowest BCUT2D eigenvalue weighted by Gasteiger charge is -2.35. The Balaban J connectivity index is 1.58. The highest BCUT2D eigenvalue weighted by atomic mass is 19.1. The van der Waals surface area contributed by atoms with Gasteiger partial charge < -0.3 is 0 Å². The van der Waals surface area contributed by atoms with Crippen LogP contribution in [0.15, 0.2) is 78.4 Å². The van der Waals surface area contributed by atoms with Gasteiger partial charge in [-0.3, -0.25) is 4.90 Å². The molecule has 0 saturated carbocycles. The molecule has 30 heavy (non-hydrogen) atoms. The summed E-state index contributed by atoms with van der Waals surface area (Å²) in [5.41, 5.74) is 9.27. The Morgan fingerprint density at radius 3 is 2.03 bits per heavy atom. The van der Waals surface area contributed by atoms with Gasteiger partial charge in [0.25, 0.3) is 0 Å². The molecule has 1 heterocycles. The van der Waals surface area contributed by atoms with Gasteiger partial charge in [-0.15, -0.1) is 0 Å². The maximum Gasteiger partial charge on any atom is 0.123 e. The number of likely N-dealkylation sites (tertiary alicyclic amines) is 1. The average molecular weight is 396 g/mol. The molecule has 1 saturated heterocycles. The standard InChI is InChI=1S/C28H26FN/c1-20(21-14-16-25(29)17-15-21)30-18-6-9-24(19-30)28-26-10-4-2-7-22(26)12-13-23-8-3-5-11-27(23)28/h2-5,7-8,10-17,20H,6,9,18-19H2,1H3. The van der Waals surface area contributed by atoms with Crippen molar-refractivity contribution in [3.63, 3.8) is 0 Å². The quantitative estimate of drug-likeness (QED) is 0.354. The molecule has 0 bridgehead atoms. The molecule has 1 atom stereocenters. The molecule has 0 amide bonds. The predicted molar refractivity (Wildman–Crippen MR) is 123 cm³/mol. The van der Waals surface area contributed by atoms with Crippen LogP contribution >= 0.6 is 0 Å². The molecule has 3 aromatic rings. The second-order valence-corrected chi connectivity index (χ2v) is 8.29. The first-order chi connectivity index (χ1) is 14.7. The molecule has 0 spiro atoms. The average Bonchev–Trinajstić information content (AvgIpc) is 2.96. The highest BCUT2D eigenvalue weighted by Crippen LogP contribution is 2.39. The van der Waals surface area contributed by atoms with E-state index in [2.05, 4.69) is 72.5 Å². The molecular weight excluding hydrogens is 369 g/mol. The molecule has 2 aliphatic rings. The van der Waals surface area contributed by atoms with Crippen LogP contribution in [0.4, 0.5) is 4.39 Å². The maximum atomic E-state index is 13.4. The summed E-state index contributed by atoms with van der Waals surface area (Å²) in [5.74, 6) is -0.174. The minimum absolute atomic E-state index is 0.174. The Labute approximate surface area is 178 Å². The fourth-order valence-electron chi connectivity index (χ4n) is 4.83. The Bertz CT molecular complexity index is 1070. The zero-order chi connectivity index (χ0) is 20.5. The molecule has 0 aromatic heterocycles. The van der Waals surface area contributed by atoms with E-state index in [1.54, 1.807) is 12.1 Å². The van der Waals surface area contributed by atoms with E-state index in [0.717, 1.165) is 25.9 Å². The fourth-order valence-corrected chi connectivity index (χ4v) is 4.83. The van der Waals surface area contributed by atoms with Gasteiger partial charge >= 0.3 is 0 Å². The summed E-state index contributed by atoms with van der Waals surface area (Å²) in [5, 5.41) is 0. The lowest BCUT2D eigenvalue weighted by molar-refractivity contribution is 0.205. The number of hydrogen-bond acceptors (Lipinski definition) is 1. The molecule has 0 radical (unpaired) electrons. The summed E-state index contributed by atoms with van der Waals surface area (Å²) in [7, 11) is 0. The number of rotatable bonds is 2. The molecule has 5 rings (SSSR count). The Morgan fingerprint density at radius 2 is 1.40 bits per heavy atom. The van der Waals surface area contributed by atoms with Gasteiger partial charge in [0.05, 0.1) is 0 Å². The maximum absolute atomic E-state index is 13.4. The third kappa shape index (κ3) is 3.53. The van der Waals surface area contributed by atoms with Crippen molar-refractivity contribution in [2.45, 2.75) is 25.8 Å². The molecule has 2 heteroatoms. The minimum Gasteiger partial charge on any atom is -0.293 e. The van der Waals surface area contributed by atoms with Crippen LogP contribution in [0.5, 0.6) is 0 Å². The lowest BCUT2D eigenvalue weighted by Crippen LogP contribution is -2.34. The number of piperidine rings is 1. The smallest absolute Gasteiger partial charge is 0.123 e. The van der Waals surface area contributed by atoms with Crippen molar-refractivity contribution in [2.24, 2.45) is 0 Å². The topological polar surface area (TPSA) is 3.24 Å². The van der Waals surface area contributed by atoms with E-state index in [-0.39, 0.29) is 11.9 Å². The van der Waals surface area contributed by atoms with Gasteiger partial charge in [-0.2, -0.15) is 0 Å². The second kappa shape index (κ2) is 8.04. The first kappa shape index (κ1) is 19.0. The van der Waals surface area contributed by atoms with Crippen LogP contribution in [-0.4, -0.2) is 18.0 Å². The Hall–Kier alpha value is -2.97. The van der Waals surface area contributed by atoms with Crippen molar-refractivity contribution in [3.05, 3.63) is 112 Å².